The Morgan fingerprint density at radius 3 is 2.71 bits per heavy atom. The van der Waals surface area contributed by atoms with E-state index >= 15 is 0 Å². The van der Waals surface area contributed by atoms with Gasteiger partial charge in [-0.05, 0) is 11.5 Å². The molecule has 3 heterocycles. The minimum absolute atomic E-state index is 0.374. The molecule has 0 unspecified atom stereocenters. The zero-order chi connectivity index (χ0) is 16.8. The van der Waals surface area contributed by atoms with Crippen LogP contribution in [-0.4, -0.2) is 25.6 Å². The fourth-order valence-corrected chi connectivity index (χ4v) is 3.40. The molecule has 1 N–H and O–H groups in total. The van der Waals surface area contributed by atoms with Gasteiger partial charge in [-0.2, -0.15) is 4.98 Å². The lowest BCUT2D eigenvalue weighted by molar-refractivity contribution is 0.435. The summed E-state index contributed by atoms with van der Waals surface area (Å²) in [5.41, 5.74) is 1.28. The molecule has 0 radical (unpaired) electrons. The molecule has 3 aromatic rings. The summed E-state index contributed by atoms with van der Waals surface area (Å²) in [5.74, 6) is 1.13. The van der Waals surface area contributed by atoms with Gasteiger partial charge < -0.3 is 9.47 Å². The Kier molecular flexibility index (Phi) is 3.30. The molecule has 0 saturated carbocycles. The van der Waals surface area contributed by atoms with E-state index in [-0.39, 0.29) is 5.56 Å². The molecule has 1 aromatic carbocycles. The SMILES string of the molecule is C[C@@H]1CN(Cc2ccccc2)c2nc3c(c(=O)[nH]c(=O)n3C)n2C1. The first-order valence-corrected chi connectivity index (χ1v) is 8.03. The fourth-order valence-electron chi connectivity index (χ4n) is 3.40. The largest absolute Gasteiger partial charge is 0.338 e. The Morgan fingerprint density at radius 2 is 1.96 bits per heavy atom. The van der Waals surface area contributed by atoms with E-state index in [1.54, 1.807) is 7.05 Å². The molecular weight excluding hydrogens is 306 g/mol. The quantitative estimate of drug-likeness (QED) is 0.765. The van der Waals surface area contributed by atoms with Crippen LogP contribution in [0.15, 0.2) is 39.9 Å². The summed E-state index contributed by atoms with van der Waals surface area (Å²) in [5, 5.41) is 0. The first-order chi connectivity index (χ1) is 11.5. The number of rotatable bonds is 2. The van der Waals surface area contributed by atoms with Crippen molar-refractivity contribution in [2.75, 3.05) is 11.4 Å². The minimum Gasteiger partial charge on any atom is -0.338 e. The number of aromatic nitrogens is 4. The van der Waals surface area contributed by atoms with Crippen molar-refractivity contribution >= 4 is 17.1 Å². The summed E-state index contributed by atoms with van der Waals surface area (Å²) >= 11 is 0. The molecule has 2 aromatic heterocycles. The van der Waals surface area contributed by atoms with Gasteiger partial charge in [0.1, 0.15) is 0 Å². The molecule has 7 nitrogen and oxygen atoms in total. The first-order valence-electron chi connectivity index (χ1n) is 8.03. The summed E-state index contributed by atoms with van der Waals surface area (Å²) in [4.78, 5) is 33.3. The predicted molar refractivity (Wildman–Crippen MR) is 92.3 cm³/mol. The van der Waals surface area contributed by atoms with Crippen LogP contribution in [-0.2, 0) is 20.1 Å². The van der Waals surface area contributed by atoms with Crippen LogP contribution >= 0.6 is 0 Å². The monoisotopic (exact) mass is 325 g/mol. The molecule has 0 saturated heterocycles. The Bertz CT molecular complexity index is 1020. The molecule has 0 spiro atoms. The minimum atomic E-state index is -0.439. The summed E-state index contributed by atoms with van der Waals surface area (Å²) in [7, 11) is 1.63. The van der Waals surface area contributed by atoms with Gasteiger partial charge in [0.15, 0.2) is 11.2 Å². The highest BCUT2D eigenvalue weighted by molar-refractivity contribution is 5.74. The standard InChI is InChI=1S/C17H19N5O2/c1-11-8-21(10-12-6-4-3-5-7-12)16-18-14-13(22(16)9-11)15(23)19-17(24)20(14)2/h3-7,11H,8-10H2,1-2H3,(H,19,23,24)/t11-/m1/s1. The van der Waals surface area contributed by atoms with Gasteiger partial charge in [-0.25, -0.2) is 4.79 Å². The maximum atomic E-state index is 12.3. The van der Waals surface area contributed by atoms with Crippen LogP contribution in [0, 0.1) is 5.92 Å². The van der Waals surface area contributed by atoms with Gasteiger partial charge in [0.25, 0.3) is 5.56 Å². The van der Waals surface area contributed by atoms with E-state index in [1.165, 1.54) is 10.1 Å². The van der Waals surface area contributed by atoms with E-state index in [1.807, 2.05) is 22.8 Å². The third-order valence-corrected chi connectivity index (χ3v) is 4.51. The van der Waals surface area contributed by atoms with Gasteiger partial charge in [-0.1, -0.05) is 37.3 Å². The number of benzene rings is 1. The molecule has 4 rings (SSSR count). The van der Waals surface area contributed by atoms with Crippen LogP contribution in [0.4, 0.5) is 5.95 Å². The number of aryl methyl sites for hydroxylation is 1. The number of H-pyrrole nitrogens is 1. The zero-order valence-corrected chi connectivity index (χ0v) is 13.7. The van der Waals surface area contributed by atoms with Crippen molar-refractivity contribution < 1.29 is 0 Å². The van der Waals surface area contributed by atoms with E-state index in [4.69, 9.17) is 0 Å². The molecule has 7 heteroatoms. The van der Waals surface area contributed by atoms with Crippen molar-refractivity contribution in [3.05, 3.63) is 56.7 Å². The maximum Gasteiger partial charge on any atom is 0.329 e. The highest BCUT2D eigenvalue weighted by Crippen LogP contribution is 2.27. The number of anilines is 1. The lowest BCUT2D eigenvalue weighted by Gasteiger charge is -2.33. The number of imidazole rings is 1. The Labute approximate surface area is 138 Å². The van der Waals surface area contributed by atoms with E-state index < -0.39 is 5.69 Å². The smallest absolute Gasteiger partial charge is 0.329 e. The topological polar surface area (TPSA) is 75.9 Å². The molecule has 1 aliphatic rings. The van der Waals surface area contributed by atoms with Gasteiger partial charge in [0, 0.05) is 26.7 Å². The molecule has 0 amide bonds. The molecule has 0 fully saturated rings. The van der Waals surface area contributed by atoms with Gasteiger partial charge in [0.2, 0.25) is 5.95 Å². The highest BCUT2D eigenvalue weighted by Gasteiger charge is 2.27. The number of hydrogen-bond donors (Lipinski definition) is 1. The fraction of sp³-hybridized carbons (Fsp3) is 0.353. The van der Waals surface area contributed by atoms with E-state index in [0.717, 1.165) is 25.6 Å². The highest BCUT2D eigenvalue weighted by atomic mass is 16.2. The number of nitrogens with one attached hydrogen (secondary N) is 1. The summed E-state index contributed by atoms with van der Waals surface area (Å²) in [6, 6.07) is 10.2. The van der Waals surface area contributed by atoms with Gasteiger partial charge in [0.05, 0.1) is 0 Å². The van der Waals surface area contributed by atoms with Crippen molar-refractivity contribution in [3.8, 4) is 0 Å². The van der Waals surface area contributed by atoms with Crippen LogP contribution in [0.25, 0.3) is 11.2 Å². The molecule has 0 bridgehead atoms. The van der Waals surface area contributed by atoms with E-state index in [0.29, 0.717) is 17.1 Å². The second kappa shape index (κ2) is 5.36. The van der Waals surface area contributed by atoms with Gasteiger partial charge in [-0.15, -0.1) is 0 Å². The van der Waals surface area contributed by atoms with Crippen LogP contribution < -0.4 is 16.1 Å². The summed E-state index contributed by atoms with van der Waals surface area (Å²) < 4.78 is 3.33. The van der Waals surface area contributed by atoms with Gasteiger partial charge in [-0.3, -0.25) is 14.3 Å². The second-order valence-corrected chi connectivity index (χ2v) is 6.48. The third-order valence-electron chi connectivity index (χ3n) is 4.51. The predicted octanol–water partition coefficient (Wildman–Crippen LogP) is 1.08. The van der Waals surface area contributed by atoms with Crippen LogP contribution in [0.5, 0.6) is 0 Å². The van der Waals surface area contributed by atoms with Crippen LogP contribution in [0.2, 0.25) is 0 Å². The van der Waals surface area contributed by atoms with Gasteiger partial charge >= 0.3 is 5.69 Å². The number of fused-ring (bicyclic) bond motifs is 3. The summed E-state index contributed by atoms with van der Waals surface area (Å²) in [6.07, 6.45) is 0. The first kappa shape index (κ1) is 14.7. The zero-order valence-electron chi connectivity index (χ0n) is 13.7. The molecule has 1 atom stereocenters. The molecule has 0 aliphatic carbocycles. The number of hydrogen-bond acceptors (Lipinski definition) is 4. The Balaban J connectivity index is 1.89. The molecule has 24 heavy (non-hydrogen) atoms. The number of aromatic amines is 1. The number of nitrogens with zero attached hydrogens (tertiary/aromatic N) is 4. The summed E-state index contributed by atoms with van der Waals surface area (Å²) in [6.45, 7) is 4.46. The van der Waals surface area contributed by atoms with E-state index in [2.05, 4.69) is 33.9 Å². The Hall–Kier alpha value is -2.83. The van der Waals surface area contributed by atoms with Crippen LogP contribution in [0.1, 0.15) is 12.5 Å². The van der Waals surface area contributed by atoms with Crippen molar-refractivity contribution in [1.82, 2.24) is 19.1 Å². The third kappa shape index (κ3) is 2.24. The molecule has 124 valence electrons. The Morgan fingerprint density at radius 1 is 1.21 bits per heavy atom. The second-order valence-electron chi connectivity index (χ2n) is 6.48. The van der Waals surface area contributed by atoms with Crippen molar-refractivity contribution in [2.45, 2.75) is 20.0 Å². The lowest BCUT2D eigenvalue weighted by atomic mass is 10.1. The normalized spacial score (nSPS) is 17.2. The average molecular weight is 325 g/mol. The molecule has 1 aliphatic heterocycles. The maximum absolute atomic E-state index is 12.3. The van der Waals surface area contributed by atoms with E-state index in [9.17, 15) is 9.59 Å². The lowest BCUT2D eigenvalue weighted by Crippen LogP contribution is -2.37. The van der Waals surface area contributed by atoms with Crippen molar-refractivity contribution in [1.29, 1.82) is 0 Å². The van der Waals surface area contributed by atoms with Crippen LogP contribution in [0.3, 0.4) is 0 Å². The average Bonchev–Trinajstić information content (AvgIpc) is 2.94. The van der Waals surface area contributed by atoms with Crippen molar-refractivity contribution in [3.63, 3.8) is 0 Å². The van der Waals surface area contributed by atoms with Crippen molar-refractivity contribution in [2.24, 2.45) is 13.0 Å². The molecular formula is C17H19N5O2.